The Balaban J connectivity index is 1.71. The van der Waals surface area contributed by atoms with Gasteiger partial charge in [0.15, 0.2) is 0 Å². The fraction of sp³-hybridized carbons (Fsp3) is 0.467. The van der Waals surface area contributed by atoms with Crippen molar-refractivity contribution in [3.63, 3.8) is 0 Å². The molecule has 0 spiro atoms. The average molecular weight is 321 g/mol. The van der Waals surface area contributed by atoms with Gasteiger partial charge in [0.05, 0.1) is 4.90 Å². The number of hydrazone groups is 1. The van der Waals surface area contributed by atoms with Crippen molar-refractivity contribution in [1.29, 1.82) is 0 Å². The Morgan fingerprint density at radius 1 is 1.27 bits per heavy atom. The summed E-state index contributed by atoms with van der Waals surface area (Å²) in [5.74, 6) is 0.822. The van der Waals surface area contributed by atoms with E-state index in [1.165, 1.54) is 17.1 Å². The second-order valence-corrected chi connectivity index (χ2v) is 7.61. The molecule has 1 fully saturated rings. The van der Waals surface area contributed by atoms with Crippen LogP contribution in [0.4, 0.5) is 4.79 Å². The van der Waals surface area contributed by atoms with Crippen LogP contribution in [0.3, 0.4) is 0 Å². The minimum absolute atomic E-state index is 0.0752. The van der Waals surface area contributed by atoms with Crippen molar-refractivity contribution < 1.29 is 13.2 Å². The van der Waals surface area contributed by atoms with Crippen LogP contribution in [0.15, 0.2) is 34.3 Å². The standard InChI is InChI=1S/C15H19N3O3S/c1-11-5-7-14(8-6-11)22(20,21)17-15(19)18-10-13-4-2-3-12(13)9-16-18/h5-9,12-13H,2-4,10H2,1H3,(H,17,19). The van der Waals surface area contributed by atoms with Crippen LogP contribution in [0.1, 0.15) is 24.8 Å². The van der Waals surface area contributed by atoms with Crippen LogP contribution in [0.5, 0.6) is 0 Å². The largest absolute Gasteiger partial charge is 0.351 e. The van der Waals surface area contributed by atoms with E-state index in [0.717, 1.165) is 24.8 Å². The van der Waals surface area contributed by atoms with Gasteiger partial charge in [0, 0.05) is 18.7 Å². The zero-order valence-corrected chi connectivity index (χ0v) is 13.2. The molecule has 22 heavy (non-hydrogen) atoms. The van der Waals surface area contributed by atoms with Gasteiger partial charge < -0.3 is 0 Å². The lowest BCUT2D eigenvalue weighted by Gasteiger charge is -2.28. The van der Waals surface area contributed by atoms with Crippen LogP contribution >= 0.6 is 0 Å². The molecule has 1 N–H and O–H groups in total. The molecule has 6 nitrogen and oxygen atoms in total. The lowest BCUT2D eigenvalue weighted by Crippen LogP contribution is -2.44. The maximum atomic E-state index is 12.2. The van der Waals surface area contributed by atoms with Crippen molar-refractivity contribution >= 4 is 22.3 Å². The van der Waals surface area contributed by atoms with E-state index in [1.807, 2.05) is 6.92 Å². The van der Waals surface area contributed by atoms with Gasteiger partial charge in [-0.05, 0) is 37.8 Å². The summed E-state index contributed by atoms with van der Waals surface area (Å²) in [7, 11) is -3.86. The van der Waals surface area contributed by atoms with Crippen LogP contribution in [0, 0.1) is 18.8 Å². The van der Waals surface area contributed by atoms with Crippen LogP contribution in [-0.4, -0.2) is 32.2 Å². The molecule has 1 aliphatic heterocycles. The summed E-state index contributed by atoms with van der Waals surface area (Å²) in [5, 5.41) is 5.32. The van der Waals surface area contributed by atoms with Gasteiger partial charge >= 0.3 is 6.03 Å². The third-order valence-corrected chi connectivity index (χ3v) is 5.65. The van der Waals surface area contributed by atoms with E-state index >= 15 is 0 Å². The molecule has 1 aromatic carbocycles. The fourth-order valence-electron chi connectivity index (χ4n) is 3.00. The van der Waals surface area contributed by atoms with Gasteiger partial charge in [0.2, 0.25) is 0 Å². The van der Waals surface area contributed by atoms with Crippen LogP contribution in [0.2, 0.25) is 0 Å². The smallest absolute Gasteiger partial charge is 0.246 e. The summed E-state index contributed by atoms with van der Waals surface area (Å²) in [6.45, 7) is 2.35. The Bertz CT molecular complexity index is 697. The van der Waals surface area contributed by atoms with Crippen LogP contribution in [0.25, 0.3) is 0 Å². The molecule has 2 atom stereocenters. The molecule has 2 unspecified atom stereocenters. The third kappa shape index (κ3) is 2.99. The summed E-state index contributed by atoms with van der Waals surface area (Å²) in [5.41, 5.74) is 0.957. The summed E-state index contributed by atoms with van der Waals surface area (Å²) in [6, 6.07) is 5.67. The molecule has 2 amide bonds. The van der Waals surface area contributed by atoms with Crippen LogP contribution in [-0.2, 0) is 10.0 Å². The molecule has 7 heteroatoms. The van der Waals surface area contributed by atoms with Crippen molar-refractivity contribution in [3.8, 4) is 0 Å². The Morgan fingerprint density at radius 3 is 2.73 bits per heavy atom. The number of carbonyl (C=O) groups excluding carboxylic acids is 1. The Hall–Kier alpha value is -1.89. The highest BCUT2D eigenvalue weighted by Gasteiger charge is 2.33. The lowest BCUT2D eigenvalue weighted by atomic mass is 9.96. The molecule has 1 saturated carbocycles. The second-order valence-electron chi connectivity index (χ2n) is 5.93. The first-order valence-electron chi connectivity index (χ1n) is 7.41. The van der Waals surface area contributed by atoms with Crippen molar-refractivity contribution in [2.45, 2.75) is 31.1 Å². The van der Waals surface area contributed by atoms with Gasteiger partial charge in [0.1, 0.15) is 0 Å². The Morgan fingerprint density at radius 2 is 2.00 bits per heavy atom. The SMILES string of the molecule is Cc1ccc(S(=O)(=O)NC(=O)N2CC3CCCC3C=N2)cc1. The maximum Gasteiger partial charge on any atom is 0.351 e. The first-order chi connectivity index (χ1) is 10.5. The van der Waals surface area contributed by atoms with Gasteiger partial charge in [0.25, 0.3) is 10.0 Å². The highest BCUT2D eigenvalue weighted by Crippen LogP contribution is 2.33. The lowest BCUT2D eigenvalue weighted by molar-refractivity contribution is 0.187. The fourth-order valence-corrected chi connectivity index (χ4v) is 3.95. The predicted octanol–water partition coefficient (Wildman–Crippen LogP) is 2.11. The van der Waals surface area contributed by atoms with E-state index < -0.39 is 16.1 Å². The van der Waals surface area contributed by atoms with Gasteiger partial charge in [-0.3, -0.25) is 0 Å². The molecule has 1 aromatic rings. The molecular formula is C15H19N3O3S. The van der Waals surface area contributed by atoms with E-state index in [0.29, 0.717) is 18.4 Å². The molecule has 0 aromatic heterocycles. The number of hydrogen-bond acceptors (Lipinski definition) is 4. The molecule has 1 aliphatic carbocycles. The van der Waals surface area contributed by atoms with E-state index in [1.54, 1.807) is 18.3 Å². The van der Waals surface area contributed by atoms with E-state index in [2.05, 4.69) is 9.82 Å². The zero-order chi connectivity index (χ0) is 15.7. The number of amides is 2. The summed E-state index contributed by atoms with van der Waals surface area (Å²) in [6.07, 6.45) is 5.08. The van der Waals surface area contributed by atoms with Crippen molar-refractivity contribution in [2.75, 3.05) is 6.54 Å². The quantitative estimate of drug-likeness (QED) is 0.906. The maximum absolute atomic E-state index is 12.2. The Kier molecular flexibility index (Phi) is 3.90. The monoisotopic (exact) mass is 321 g/mol. The van der Waals surface area contributed by atoms with Crippen molar-refractivity contribution in [3.05, 3.63) is 29.8 Å². The number of fused-ring (bicyclic) bond motifs is 1. The topological polar surface area (TPSA) is 78.8 Å². The molecule has 2 aliphatic rings. The molecule has 0 saturated heterocycles. The predicted molar refractivity (Wildman–Crippen MR) is 82.9 cm³/mol. The number of rotatable bonds is 2. The zero-order valence-electron chi connectivity index (χ0n) is 12.4. The average Bonchev–Trinajstić information content (AvgIpc) is 2.94. The highest BCUT2D eigenvalue weighted by atomic mass is 32.2. The number of sulfonamides is 1. The minimum Gasteiger partial charge on any atom is -0.246 e. The third-order valence-electron chi connectivity index (χ3n) is 4.31. The number of benzene rings is 1. The van der Waals surface area contributed by atoms with Crippen LogP contribution < -0.4 is 4.72 Å². The summed E-state index contributed by atoms with van der Waals surface area (Å²) in [4.78, 5) is 12.2. The molecule has 3 rings (SSSR count). The van der Waals surface area contributed by atoms with E-state index in [4.69, 9.17) is 0 Å². The minimum atomic E-state index is -3.86. The first kappa shape index (κ1) is 15.0. The Labute approximate surface area is 130 Å². The number of nitrogens with zero attached hydrogens (tertiary/aromatic N) is 2. The van der Waals surface area contributed by atoms with Crippen molar-refractivity contribution in [2.24, 2.45) is 16.9 Å². The molecular weight excluding hydrogens is 302 g/mol. The highest BCUT2D eigenvalue weighted by molar-refractivity contribution is 7.90. The second kappa shape index (κ2) is 5.72. The molecule has 0 radical (unpaired) electrons. The number of carbonyl (C=O) groups is 1. The summed E-state index contributed by atoms with van der Waals surface area (Å²) >= 11 is 0. The molecule has 118 valence electrons. The first-order valence-corrected chi connectivity index (χ1v) is 8.89. The van der Waals surface area contributed by atoms with Gasteiger partial charge in [-0.25, -0.2) is 22.9 Å². The van der Waals surface area contributed by atoms with E-state index in [-0.39, 0.29) is 4.90 Å². The summed E-state index contributed by atoms with van der Waals surface area (Å²) < 4.78 is 26.5. The van der Waals surface area contributed by atoms with Gasteiger partial charge in [-0.1, -0.05) is 24.1 Å². The van der Waals surface area contributed by atoms with Gasteiger partial charge in [-0.15, -0.1) is 0 Å². The number of nitrogens with one attached hydrogen (secondary N) is 1. The number of urea groups is 1. The van der Waals surface area contributed by atoms with E-state index in [9.17, 15) is 13.2 Å². The van der Waals surface area contributed by atoms with Gasteiger partial charge in [-0.2, -0.15) is 5.10 Å². The number of aryl methyl sites for hydroxylation is 1. The van der Waals surface area contributed by atoms with Crippen molar-refractivity contribution in [1.82, 2.24) is 9.73 Å². The number of hydrogen-bond donors (Lipinski definition) is 1. The normalized spacial score (nSPS) is 24.1. The molecule has 0 bridgehead atoms. The molecule has 1 heterocycles.